The molecular formula is C20H36Cl2NOSiTi. The SMILES string of the molecule is C[SiH]C.[C-]1=CC=CC1.[Cl-].[Cl-].[NH-]C(=O)C1CCCCCCCCCCC1.[Ti+4]. The summed E-state index contributed by atoms with van der Waals surface area (Å²) in [6, 6.07) is 0. The van der Waals surface area contributed by atoms with Gasteiger partial charge in [-0.1, -0.05) is 70.9 Å². The molecule has 6 heteroatoms. The summed E-state index contributed by atoms with van der Waals surface area (Å²) < 4.78 is 0. The first kappa shape index (κ1) is 34.0. The van der Waals surface area contributed by atoms with Gasteiger partial charge in [-0.05, 0) is 12.8 Å². The Hall–Kier alpha value is 0.461. The molecular weight excluding hydrogens is 417 g/mol. The monoisotopic (exact) mass is 452 g/mol. The quantitative estimate of drug-likeness (QED) is 0.417. The van der Waals surface area contributed by atoms with Crippen molar-refractivity contribution >= 4 is 15.4 Å². The maximum Gasteiger partial charge on any atom is 4.00 e. The normalized spacial score (nSPS) is 17.2. The fourth-order valence-electron chi connectivity index (χ4n) is 2.77. The van der Waals surface area contributed by atoms with Gasteiger partial charge in [0.2, 0.25) is 0 Å². The van der Waals surface area contributed by atoms with Crippen LogP contribution < -0.4 is 24.8 Å². The van der Waals surface area contributed by atoms with Crippen LogP contribution in [0, 0.1) is 12.0 Å². The van der Waals surface area contributed by atoms with Crippen LogP contribution in [0.2, 0.25) is 13.1 Å². The topological polar surface area (TPSA) is 40.9 Å². The Bertz CT molecular complexity index is 320. The van der Waals surface area contributed by atoms with Crippen molar-refractivity contribution in [3.8, 4) is 0 Å². The Kier molecular flexibility index (Phi) is 36.2. The zero-order valence-corrected chi connectivity index (χ0v) is 20.8. The molecule has 0 spiro atoms. The van der Waals surface area contributed by atoms with Gasteiger partial charge < -0.3 is 35.3 Å². The molecule has 149 valence electrons. The Morgan fingerprint density at radius 1 is 0.923 bits per heavy atom. The van der Waals surface area contributed by atoms with E-state index in [-0.39, 0.29) is 58.4 Å². The van der Waals surface area contributed by atoms with Crippen molar-refractivity contribution in [1.29, 1.82) is 0 Å². The fourth-order valence-corrected chi connectivity index (χ4v) is 2.77. The second-order valence-corrected chi connectivity index (χ2v) is 7.56. The summed E-state index contributed by atoms with van der Waals surface area (Å²) in [5.41, 5.74) is 7.23. The molecule has 2 aliphatic carbocycles. The van der Waals surface area contributed by atoms with Crippen LogP contribution in [0.15, 0.2) is 18.2 Å². The van der Waals surface area contributed by atoms with E-state index in [0.29, 0.717) is 0 Å². The van der Waals surface area contributed by atoms with Crippen molar-refractivity contribution in [2.24, 2.45) is 5.92 Å². The fraction of sp³-hybridized carbons (Fsp3) is 0.750. The number of allylic oxidation sites excluding steroid dienone is 4. The Balaban J connectivity index is -0.000000186. The third kappa shape index (κ3) is 24.5. The summed E-state index contributed by atoms with van der Waals surface area (Å²) in [5, 5.41) is 0. The van der Waals surface area contributed by atoms with E-state index in [1.807, 2.05) is 12.2 Å². The third-order valence-corrected chi connectivity index (χ3v) is 4.06. The van der Waals surface area contributed by atoms with Crippen LogP contribution in [-0.4, -0.2) is 15.4 Å². The van der Waals surface area contributed by atoms with Gasteiger partial charge in [0.05, 0.1) is 5.91 Å². The van der Waals surface area contributed by atoms with Gasteiger partial charge >= 0.3 is 21.7 Å². The number of hydrogen-bond acceptors (Lipinski definition) is 1. The van der Waals surface area contributed by atoms with Crippen LogP contribution in [0.4, 0.5) is 0 Å². The summed E-state index contributed by atoms with van der Waals surface area (Å²) in [6.07, 6.45) is 23.5. The van der Waals surface area contributed by atoms with Crippen molar-refractivity contribution in [3.05, 3.63) is 30.0 Å². The smallest absolute Gasteiger partial charge is 1.00 e. The molecule has 0 aromatic rings. The predicted octanol–water partition coefficient (Wildman–Crippen LogP) is 0.316. The minimum absolute atomic E-state index is 0. The summed E-state index contributed by atoms with van der Waals surface area (Å²) in [4.78, 5) is 11.1. The molecule has 2 aliphatic rings. The summed E-state index contributed by atoms with van der Waals surface area (Å²) in [5.74, 6) is -0.281. The van der Waals surface area contributed by atoms with Gasteiger partial charge in [0.25, 0.3) is 0 Å². The maximum atomic E-state index is 11.1. The third-order valence-electron chi connectivity index (χ3n) is 4.06. The van der Waals surface area contributed by atoms with E-state index in [2.05, 4.69) is 25.2 Å². The van der Waals surface area contributed by atoms with E-state index >= 15 is 0 Å². The molecule has 0 atom stereocenters. The number of amides is 1. The first-order valence-electron chi connectivity index (χ1n) is 9.43. The molecule has 0 saturated heterocycles. The second kappa shape index (κ2) is 27.7. The van der Waals surface area contributed by atoms with E-state index < -0.39 is 0 Å². The minimum Gasteiger partial charge on any atom is -1.00 e. The van der Waals surface area contributed by atoms with Crippen LogP contribution >= 0.6 is 0 Å². The average molecular weight is 453 g/mol. The van der Waals surface area contributed by atoms with E-state index in [9.17, 15) is 4.79 Å². The van der Waals surface area contributed by atoms with E-state index in [4.69, 9.17) is 5.73 Å². The van der Waals surface area contributed by atoms with Gasteiger partial charge in [0.15, 0.2) is 0 Å². The molecule has 26 heavy (non-hydrogen) atoms. The molecule has 1 amide bonds. The number of hydrogen-bond donors (Lipinski definition) is 0. The van der Waals surface area contributed by atoms with Crippen LogP contribution in [0.25, 0.3) is 5.73 Å². The Morgan fingerprint density at radius 2 is 1.31 bits per heavy atom. The first-order chi connectivity index (χ1) is 11.2. The molecule has 0 heterocycles. The van der Waals surface area contributed by atoms with Crippen LogP contribution in [-0.2, 0) is 26.5 Å². The molecule has 0 aliphatic heterocycles. The molecule has 0 aromatic heterocycles. The minimum atomic E-state index is -0.327. The molecule has 1 saturated carbocycles. The van der Waals surface area contributed by atoms with Gasteiger partial charge in [-0.3, -0.25) is 6.08 Å². The number of carbonyl (C=O) groups is 1. The van der Waals surface area contributed by atoms with Crippen LogP contribution in [0.3, 0.4) is 0 Å². The van der Waals surface area contributed by atoms with Crippen molar-refractivity contribution in [1.82, 2.24) is 0 Å². The summed E-state index contributed by atoms with van der Waals surface area (Å²) in [7, 11) is 0.750. The van der Waals surface area contributed by atoms with Gasteiger partial charge in [-0.2, -0.15) is 6.08 Å². The average Bonchev–Trinajstić information content (AvgIpc) is 3.08. The first-order valence-corrected chi connectivity index (χ1v) is 11.7. The summed E-state index contributed by atoms with van der Waals surface area (Å²) in [6.45, 7) is 4.42. The number of halogens is 2. The van der Waals surface area contributed by atoms with Gasteiger partial charge in [0.1, 0.15) is 0 Å². The van der Waals surface area contributed by atoms with Gasteiger partial charge in [-0.25, -0.2) is 12.2 Å². The molecule has 0 unspecified atom stereocenters. The Labute approximate surface area is 192 Å². The van der Waals surface area contributed by atoms with Crippen molar-refractivity contribution in [2.75, 3.05) is 0 Å². The van der Waals surface area contributed by atoms with Crippen molar-refractivity contribution < 1.29 is 51.3 Å². The van der Waals surface area contributed by atoms with Gasteiger partial charge in [0, 0.05) is 15.4 Å². The largest absolute Gasteiger partial charge is 4.00 e. The zero-order chi connectivity index (χ0) is 17.2. The van der Waals surface area contributed by atoms with E-state index in [0.717, 1.165) is 41.6 Å². The van der Waals surface area contributed by atoms with Gasteiger partial charge in [-0.15, -0.1) is 6.42 Å². The molecule has 1 N–H and O–H groups in total. The van der Waals surface area contributed by atoms with Crippen LogP contribution in [0.1, 0.15) is 77.0 Å². The molecule has 1 radical (unpaired) electrons. The molecule has 0 aromatic carbocycles. The Morgan fingerprint density at radius 3 is 1.54 bits per heavy atom. The van der Waals surface area contributed by atoms with Crippen molar-refractivity contribution in [2.45, 2.75) is 90.1 Å². The molecule has 1 fully saturated rings. The predicted molar refractivity (Wildman–Crippen MR) is 104 cm³/mol. The molecule has 0 bridgehead atoms. The standard InChI is InChI=1S/C13H25NO.C5H5.C2H7Si.2ClH.Ti/c14-13(15)12-10-8-6-4-2-1-3-5-7-9-11-12;1-2-4-5-3-1;1-3-2;;;/h12H,1-11H2,(H2,14,15);1-3H,4H2;3H,1-2H3;2*1H;/q;-1;;;;+4/p-3. The maximum absolute atomic E-state index is 11.1. The molecule has 2 rings (SSSR count). The van der Waals surface area contributed by atoms with E-state index in [1.165, 1.54) is 44.9 Å². The number of nitrogens with one attached hydrogen (secondary N) is 1. The summed E-state index contributed by atoms with van der Waals surface area (Å²) >= 11 is 0. The molecule has 2 nitrogen and oxygen atoms in total. The van der Waals surface area contributed by atoms with E-state index in [1.54, 1.807) is 0 Å². The second-order valence-electron chi connectivity index (χ2n) is 6.40. The van der Waals surface area contributed by atoms with Crippen LogP contribution in [0.5, 0.6) is 0 Å². The van der Waals surface area contributed by atoms with Crippen molar-refractivity contribution in [3.63, 3.8) is 0 Å². The number of carbonyl (C=O) groups excluding carboxylic acids is 1. The number of rotatable bonds is 1. The zero-order valence-electron chi connectivity index (χ0n) is 16.5.